The summed E-state index contributed by atoms with van der Waals surface area (Å²) in [5.74, 6) is -0.201. The van der Waals surface area contributed by atoms with Crippen LogP contribution >= 0.6 is 11.6 Å². The summed E-state index contributed by atoms with van der Waals surface area (Å²) < 4.78 is 0. The molecule has 18 heavy (non-hydrogen) atoms. The summed E-state index contributed by atoms with van der Waals surface area (Å²) in [7, 11) is 0. The number of amides is 1. The average Bonchev–Trinajstić information content (AvgIpc) is 2.31. The highest BCUT2D eigenvalue weighted by molar-refractivity contribution is 6.29. The first-order valence-electron chi connectivity index (χ1n) is 6.19. The van der Waals surface area contributed by atoms with Crippen molar-refractivity contribution in [2.75, 3.05) is 0 Å². The van der Waals surface area contributed by atoms with E-state index in [9.17, 15) is 9.90 Å². The van der Waals surface area contributed by atoms with Gasteiger partial charge in [0.15, 0.2) is 0 Å². The van der Waals surface area contributed by atoms with Crippen LogP contribution in [0.3, 0.4) is 0 Å². The van der Waals surface area contributed by atoms with Crippen molar-refractivity contribution in [1.82, 2.24) is 10.3 Å². The number of aromatic nitrogens is 1. The third kappa shape index (κ3) is 3.21. The van der Waals surface area contributed by atoms with Gasteiger partial charge in [0.05, 0.1) is 12.1 Å². The Labute approximate surface area is 111 Å². The van der Waals surface area contributed by atoms with Gasteiger partial charge in [0.2, 0.25) is 0 Å². The van der Waals surface area contributed by atoms with Gasteiger partial charge in [0.1, 0.15) is 5.15 Å². The topological polar surface area (TPSA) is 62.2 Å². The Hall–Kier alpha value is -1.13. The fourth-order valence-corrected chi connectivity index (χ4v) is 2.54. The maximum atomic E-state index is 12.1. The number of nitrogens with zero attached hydrogens (tertiary/aromatic N) is 1. The quantitative estimate of drug-likeness (QED) is 0.808. The Morgan fingerprint density at radius 2 is 2.17 bits per heavy atom. The summed E-state index contributed by atoms with van der Waals surface area (Å²) in [5.41, 5.74) is 1.20. The summed E-state index contributed by atoms with van der Waals surface area (Å²) in [6, 6.07) is 3.08. The molecule has 0 saturated heterocycles. The van der Waals surface area contributed by atoms with Crippen LogP contribution in [0.4, 0.5) is 0 Å². The molecule has 98 valence electrons. The molecule has 1 aromatic heterocycles. The van der Waals surface area contributed by atoms with Gasteiger partial charge in [-0.2, -0.15) is 0 Å². The predicted octanol–water partition coefficient (Wildman–Crippen LogP) is 2.08. The van der Waals surface area contributed by atoms with Gasteiger partial charge in [-0.3, -0.25) is 4.79 Å². The van der Waals surface area contributed by atoms with Crippen LogP contribution in [0.15, 0.2) is 12.1 Å². The lowest BCUT2D eigenvalue weighted by Crippen LogP contribution is -2.45. The molecule has 2 atom stereocenters. The molecule has 1 saturated carbocycles. The van der Waals surface area contributed by atoms with Gasteiger partial charge >= 0.3 is 0 Å². The molecule has 0 aliphatic heterocycles. The van der Waals surface area contributed by atoms with Gasteiger partial charge in [0.25, 0.3) is 5.91 Å². The van der Waals surface area contributed by atoms with E-state index in [2.05, 4.69) is 10.3 Å². The Balaban J connectivity index is 2.06. The zero-order valence-electron chi connectivity index (χ0n) is 10.3. The van der Waals surface area contributed by atoms with Crippen molar-refractivity contribution in [3.05, 3.63) is 28.5 Å². The van der Waals surface area contributed by atoms with E-state index in [-0.39, 0.29) is 11.9 Å². The van der Waals surface area contributed by atoms with E-state index < -0.39 is 6.10 Å². The highest BCUT2D eigenvalue weighted by Gasteiger charge is 2.24. The number of rotatable bonds is 2. The maximum absolute atomic E-state index is 12.1. The summed E-state index contributed by atoms with van der Waals surface area (Å²) in [4.78, 5) is 16.1. The van der Waals surface area contributed by atoms with Crippen molar-refractivity contribution in [3.63, 3.8) is 0 Å². The molecule has 1 aliphatic carbocycles. The predicted molar refractivity (Wildman–Crippen MR) is 69.7 cm³/mol. The molecule has 0 bridgehead atoms. The molecular formula is C13H17ClN2O2. The standard InChI is InChI=1S/C13H17ClN2O2/c1-8-6-9(7-12(14)15-8)13(18)16-10-4-2-3-5-11(10)17/h6-7,10-11,17H,2-5H2,1H3,(H,16,18). The Morgan fingerprint density at radius 1 is 1.44 bits per heavy atom. The van der Waals surface area contributed by atoms with Gasteiger partial charge in [-0.15, -0.1) is 0 Å². The zero-order chi connectivity index (χ0) is 13.1. The second kappa shape index (κ2) is 5.67. The highest BCUT2D eigenvalue weighted by atomic mass is 35.5. The van der Waals surface area contributed by atoms with E-state index in [4.69, 9.17) is 11.6 Å². The molecule has 1 heterocycles. The monoisotopic (exact) mass is 268 g/mol. The molecule has 0 aromatic carbocycles. The van der Waals surface area contributed by atoms with Crippen LogP contribution < -0.4 is 5.32 Å². The van der Waals surface area contributed by atoms with Crippen molar-refractivity contribution in [2.24, 2.45) is 0 Å². The smallest absolute Gasteiger partial charge is 0.251 e. The van der Waals surface area contributed by atoms with E-state index in [0.717, 1.165) is 25.7 Å². The van der Waals surface area contributed by atoms with E-state index in [0.29, 0.717) is 16.4 Å². The van der Waals surface area contributed by atoms with Gasteiger partial charge in [-0.1, -0.05) is 24.4 Å². The molecule has 1 aromatic rings. The fourth-order valence-electron chi connectivity index (χ4n) is 2.29. The molecule has 2 unspecified atom stereocenters. The minimum absolute atomic E-state index is 0.154. The molecule has 0 spiro atoms. The molecule has 1 amide bonds. The van der Waals surface area contributed by atoms with Crippen LogP contribution in [-0.2, 0) is 0 Å². The van der Waals surface area contributed by atoms with Crippen molar-refractivity contribution >= 4 is 17.5 Å². The molecule has 1 fully saturated rings. The van der Waals surface area contributed by atoms with Crippen molar-refractivity contribution < 1.29 is 9.90 Å². The molecular weight excluding hydrogens is 252 g/mol. The molecule has 4 nitrogen and oxygen atoms in total. The SMILES string of the molecule is Cc1cc(C(=O)NC2CCCCC2O)cc(Cl)n1. The Morgan fingerprint density at radius 3 is 2.83 bits per heavy atom. The first-order chi connectivity index (χ1) is 8.56. The lowest BCUT2D eigenvalue weighted by atomic mass is 9.92. The van der Waals surface area contributed by atoms with Crippen molar-refractivity contribution in [2.45, 2.75) is 44.8 Å². The number of hydrogen-bond acceptors (Lipinski definition) is 3. The number of pyridine rings is 1. The minimum Gasteiger partial charge on any atom is -0.391 e. The van der Waals surface area contributed by atoms with Crippen molar-refractivity contribution in [3.8, 4) is 0 Å². The van der Waals surface area contributed by atoms with Crippen LogP contribution in [0.5, 0.6) is 0 Å². The van der Waals surface area contributed by atoms with Crippen LogP contribution in [0.1, 0.15) is 41.7 Å². The van der Waals surface area contributed by atoms with Gasteiger partial charge < -0.3 is 10.4 Å². The average molecular weight is 269 g/mol. The van der Waals surface area contributed by atoms with E-state index >= 15 is 0 Å². The van der Waals surface area contributed by atoms with Crippen LogP contribution in [0, 0.1) is 6.92 Å². The molecule has 1 aliphatic rings. The highest BCUT2D eigenvalue weighted by Crippen LogP contribution is 2.19. The van der Waals surface area contributed by atoms with Crippen molar-refractivity contribution in [1.29, 1.82) is 0 Å². The zero-order valence-corrected chi connectivity index (χ0v) is 11.1. The summed E-state index contributed by atoms with van der Waals surface area (Å²) in [6.07, 6.45) is 3.19. The second-order valence-corrected chi connectivity index (χ2v) is 5.14. The molecule has 0 radical (unpaired) electrons. The number of carbonyl (C=O) groups is 1. The first-order valence-corrected chi connectivity index (χ1v) is 6.57. The number of nitrogens with one attached hydrogen (secondary N) is 1. The second-order valence-electron chi connectivity index (χ2n) is 4.75. The lowest BCUT2D eigenvalue weighted by molar-refractivity contribution is 0.0717. The summed E-state index contributed by atoms with van der Waals surface area (Å²) in [6.45, 7) is 1.79. The third-order valence-electron chi connectivity index (χ3n) is 3.23. The first kappa shape index (κ1) is 13.3. The molecule has 5 heteroatoms. The number of aliphatic hydroxyl groups excluding tert-OH is 1. The Bertz CT molecular complexity index is 430. The van der Waals surface area contributed by atoms with Gasteiger partial charge in [-0.25, -0.2) is 4.98 Å². The van der Waals surface area contributed by atoms with Crippen LogP contribution in [0.25, 0.3) is 0 Å². The fraction of sp³-hybridized carbons (Fsp3) is 0.538. The number of aryl methyl sites for hydroxylation is 1. The number of halogens is 1. The number of hydrogen-bond donors (Lipinski definition) is 2. The summed E-state index contributed by atoms with van der Waals surface area (Å²) >= 11 is 5.83. The number of aliphatic hydroxyl groups is 1. The minimum atomic E-state index is -0.443. The van der Waals surface area contributed by atoms with Gasteiger partial charge in [-0.05, 0) is 31.9 Å². The molecule has 2 rings (SSSR count). The number of carbonyl (C=O) groups excluding carboxylic acids is 1. The third-order valence-corrected chi connectivity index (χ3v) is 3.42. The van der Waals surface area contributed by atoms with E-state index in [1.165, 1.54) is 0 Å². The largest absolute Gasteiger partial charge is 0.391 e. The Kier molecular flexibility index (Phi) is 4.19. The van der Waals surface area contributed by atoms with E-state index in [1.54, 1.807) is 19.1 Å². The maximum Gasteiger partial charge on any atom is 0.251 e. The molecule has 2 N–H and O–H groups in total. The lowest BCUT2D eigenvalue weighted by Gasteiger charge is -2.28. The van der Waals surface area contributed by atoms with Crippen LogP contribution in [0.2, 0.25) is 5.15 Å². The van der Waals surface area contributed by atoms with Gasteiger partial charge in [0, 0.05) is 11.3 Å². The normalized spacial score (nSPS) is 23.7. The van der Waals surface area contributed by atoms with E-state index in [1.807, 2.05) is 0 Å². The van der Waals surface area contributed by atoms with Crippen LogP contribution in [-0.4, -0.2) is 28.1 Å². The summed E-state index contributed by atoms with van der Waals surface area (Å²) in [5, 5.41) is 13.0.